The molecule has 0 unspecified atom stereocenters. The number of nitrogens with zero attached hydrogens (tertiary/aromatic N) is 1. The minimum absolute atomic E-state index is 0.257. The average Bonchev–Trinajstić information content (AvgIpc) is 2.82. The standard InChI is InChI=1S/C15H21NO2/c1-12-7-8-14(16-9-2-3-10-16)13(11-12)5-4-6-15(17)18/h7-8,11H,2-6,9-10H2,1H3,(H,17,18). The normalized spacial score (nSPS) is 15.1. The monoisotopic (exact) mass is 247 g/mol. The first-order valence-corrected chi connectivity index (χ1v) is 6.73. The quantitative estimate of drug-likeness (QED) is 0.869. The number of carboxylic acid groups (broad SMARTS) is 1. The number of hydrogen-bond donors (Lipinski definition) is 1. The maximum absolute atomic E-state index is 10.6. The van der Waals surface area contributed by atoms with Crippen molar-refractivity contribution in [3.8, 4) is 0 Å². The Labute approximate surface area is 108 Å². The highest BCUT2D eigenvalue weighted by Gasteiger charge is 2.15. The van der Waals surface area contributed by atoms with Crippen LogP contribution in [0.1, 0.15) is 36.8 Å². The van der Waals surface area contributed by atoms with Crippen LogP contribution in [0.5, 0.6) is 0 Å². The lowest BCUT2D eigenvalue weighted by Crippen LogP contribution is -2.19. The lowest BCUT2D eigenvalue weighted by atomic mass is 10.0. The van der Waals surface area contributed by atoms with E-state index in [0.717, 1.165) is 25.9 Å². The SMILES string of the molecule is Cc1ccc(N2CCCC2)c(CCCC(=O)O)c1. The van der Waals surface area contributed by atoms with Crippen LogP contribution in [-0.4, -0.2) is 24.2 Å². The molecule has 1 aliphatic heterocycles. The Hall–Kier alpha value is -1.51. The number of aliphatic carboxylic acids is 1. The van der Waals surface area contributed by atoms with Crippen LogP contribution in [0.3, 0.4) is 0 Å². The number of rotatable bonds is 5. The summed E-state index contributed by atoms with van der Waals surface area (Å²) >= 11 is 0. The van der Waals surface area contributed by atoms with E-state index in [1.807, 2.05) is 0 Å². The summed E-state index contributed by atoms with van der Waals surface area (Å²) < 4.78 is 0. The fraction of sp³-hybridized carbons (Fsp3) is 0.533. The lowest BCUT2D eigenvalue weighted by molar-refractivity contribution is -0.137. The molecule has 0 radical (unpaired) electrons. The van der Waals surface area contributed by atoms with Gasteiger partial charge in [-0.3, -0.25) is 4.79 Å². The van der Waals surface area contributed by atoms with Gasteiger partial charge in [-0.1, -0.05) is 17.7 Å². The molecular formula is C15H21NO2. The first-order valence-electron chi connectivity index (χ1n) is 6.73. The molecule has 0 amide bonds. The van der Waals surface area contributed by atoms with Gasteiger partial charge in [0, 0.05) is 25.2 Å². The van der Waals surface area contributed by atoms with Gasteiger partial charge in [-0.15, -0.1) is 0 Å². The van der Waals surface area contributed by atoms with Gasteiger partial charge in [0.15, 0.2) is 0 Å². The number of carbonyl (C=O) groups is 1. The van der Waals surface area contributed by atoms with Gasteiger partial charge in [0.25, 0.3) is 0 Å². The van der Waals surface area contributed by atoms with Crippen molar-refractivity contribution >= 4 is 11.7 Å². The van der Waals surface area contributed by atoms with Gasteiger partial charge in [-0.05, 0) is 44.2 Å². The summed E-state index contributed by atoms with van der Waals surface area (Å²) in [5, 5.41) is 8.72. The van der Waals surface area contributed by atoms with Gasteiger partial charge in [-0.2, -0.15) is 0 Å². The maximum atomic E-state index is 10.6. The molecule has 0 saturated carbocycles. The second-order valence-corrected chi connectivity index (χ2v) is 5.07. The molecule has 2 rings (SSSR count). The van der Waals surface area contributed by atoms with E-state index in [4.69, 9.17) is 5.11 Å². The third-order valence-corrected chi connectivity index (χ3v) is 3.52. The molecule has 1 N–H and O–H groups in total. The van der Waals surface area contributed by atoms with Crippen LogP contribution in [0, 0.1) is 6.92 Å². The average molecular weight is 247 g/mol. The largest absolute Gasteiger partial charge is 0.481 e. The zero-order chi connectivity index (χ0) is 13.0. The van der Waals surface area contributed by atoms with E-state index in [1.54, 1.807) is 0 Å². The Kier molecular flexibility index (Phi) is 4.24. The van der Waals surface area contributed by atoms with Gasteiger partial charge in [0.05, 0.1) is 0 Å². The molecule has 3 heteroatoms. The van der Waals surface area contributed by atoms with Crippen molar-refractivity contribution in [2.24, 2.45) is 0 Å². The van der Waals surface area contributed by atoms with E-state index in [0.29, 0.717) is 0 Å². The van der Waals surface area contributed by atoms with E-state index in [1.165, 1.54) is 29.7 Å². The van der Waals surface area contributed by atoms with Gasteiger partial charge in [0.1, 0.15) is 0 Å². The van der Waals surface area contributed by atoms with E-state index in [2.05, 4.69) is 30.0 Å². The Balaban J connectivity index is 2.10. The van der Waals surface area contributed by atoms with Crippen LogP contribution in [0.2, 0.25) is 0 Å². The highest BCUT2D eigenvalue weighted by Crippen LogP contribution is 2.26. The zero-order valence-electron chi connectivity index (χ0n) is 11.0. The summed E-state index contributed by atoms with van der Waals surface area (Å²) in [6.07, 6.45) is 4.37. The smallest absolute Gasteiger partial charge is 0.303 e. The van der Waals surface area contributed by atoms with E-state index in [-0.39, 0.29) is 6.42 Å². The first kappa shape index (κ1) is 12.9. The van der Waals surface area contributed by atoms with E-state index < -0.39 is 5.97 Å². The van der Waals surface area contributed by atoms with Crippen LogP contribution in [0.25, 0.3) is 0 Å². The number of benzene rings is 1. The Morgan fingerprint density at radius 3 is 2.72 bits per heavy atom. The van der Waals surface area contributed by atoms with Crippen LogP contribution in [0.4, 0.5) is 5.69 Å². The highest BCUT2D eigenvalue weighted by molar-refractivity contribution is 5.66. The van der Waals surface area contributed by atoms with Gasteiger partial charge >= 0.3 is 5.97 Å². The summed E-state index contributed by atoms with van der Waals surface area (Å²) in [6.45, 7) is 4.36. The molecule has 0 bridgehead atoms. The summed E-state index contributed by atoms with van der Waals surface area (Å²) in [6, 6.07) is 6.54. The van der Waals surface area contributed by atoms with Crippen molar-refractivity contribution < 1.29 is 9.90 Å². The fourth-order valence-corrected chi connectivity index (χ4v) is 2.61. The molecule has 1 heterocycles. The van der Waals surface area contributed by atoms with Crippen LogP contribution < -0.4 is 4.90 Å². The molecule has 0 spiro atoms. The molecular weight excluding hydrogens is 226 g/mol. The predicted octanol–water partition coefficient (Wildman–Crippen LogP) is 3.00. The molecule has 1 aromatic rings. The van der Waals surface area contributed by atoms with E-state index in [9.17, 15) is 4.79 Å². The van der Waals surface area contributed by atoms with Crippen LogP contribution >= 0.6 is 0 Å². The van der Waals surface area contributed by atoms with E-state index >= 15 is 0 Å². The third kappa shape index (κ3) is 3.25. The summed E-state index contributed by atoms with van der Waals surface area (Å²) in [5.41, 5.74) is 3.87. The molecule has 0 atom stereocenters. The minimum Gasteiger partial charge on any atom is -0.481 e. The molecule has 3 nitrogen and oxygen atoms in total. The van der Waals surface area contributed by atoms with Crippen molar-refractivity contribution in [3.63, 3.8) is 0 Å². The molecule has 0 aromatic heterocycles. The Morgan fingerprint density at radius 1 is 1.33 bits per heavy atom. The first-order chi connectivity index (χ1) is 8.66. The van der Waals surface area contributed by atoms with Crippen molar-refractivity contribution in [3.05, 3.63) is 29.3 Å². The van der Waals surface area contributed by atoms with Gasteiger partial charge < -0.3 is 10.0 Å². The summed E-state index contributed by atoms with van der Waals surface area (Å²) in [4.78, 5) is 13.0. The van der Waals surface area contributed by atoms with Crippen LogP contribution in [0.15, 0.2) is 18.2 Å². The van der Waals surface area contributed by atoms with Crippen molar-refractivity contribution in [2.75, 3.05) is 18.0 Å². The molecule has 1 fully saturated rings. The van der Waals surface area contributed by atoms with Crippen molar-refractivity contribution in [1.82, 2.24) is 0 Å². The molecule has 1 aliphatic rings. The third-order valence-electron chi connectivity index (χ3n) is 3.52. The summed E-state index contributed by atoms with van der Waals surface area (Å²) in [7, 11) is 0. The van der Waals surface area contributed by atoms with Crippen LogP contribution in [-0.2, 0) is 11.2 Å². The number of carboxylic acids is 1. The Bertz CT molecular complexity index is 423. The van der Waals surface area contributed by atoms with Crippen molar-refractivity contribution in [1.29, 1.82) is 0 Å². The lowest BCUT2D eigenvalue weighted by Gasteiger charge is -2.22. The highest BCUT2D eigenvalue weighted by atomic mass is 16.4. The predicted molar refractivity (Wildman–Crippen MR) is 73.2 cm³/mol. The zero-order valence-corrected chi connectivity index (χ0v) is 11.0. The minimum atomic E-state index is -0.703. The molecule has 98 valence electrons. The molecule has 0 aliphatic carbocycles. The van der Waals surface area contributed by atoms with Crippen molar-refractivity contribution in [2.45, 2.75) is 39.0 Å². The second-order valence-electron chi connectivity index (χ2n) is 5.07. The topological polar surface area (TPSA) is 40.5 Å². The Morgan fingerprint density at radius 2 is 2.06 bits per heavy atom. The van der Waals surface area contributed by atoms with Gasteiger partial charge in [-0.25, -0.2) is 0 Å². The number of aryl methyl sites for hydroxylation is 2. The fourth-order valence-electron chi connectivity index (χ4n) is 2.61. The molecule has 18 heavy (non-hydrogen) atoms. The molecule has 1 aromatic carbocycles. The van der Waals surface area contributed by atoms with Gasteiger partial charge in [0.2, 0.25) is 0 Å². The number of hydrogen-bond acceptors (Lipinski definition) is 2. The maximum Gasteiger partial charge on any atom is 0.303 e. The molecule has 1 saturated heterocycles. The summed E-state index contributed by atoms with van der Waals surface area (Å²) in [5.74, 6) is -0.703. The second kappa shape index (κ2) is 5.89. The number of anilines is 1.